The molecule has 0 aromatic heterocycles. The lowest BCUT2D eigenvalue weighted by Crippen LogP contribution is -2.57. The molecule has 2 aliphatic rings. The van der Waals surface area contributed by atoms with Gasteiger partial charge in [0.05, 0.1) is 12.7 Å². The standard InChI is InChI=1S/C16H23NO4/c1-12(2)17-10-14(18)11-21-16(20)9-5-7-13-6-3-4-8-15(13,16)19/h3-9,12,14,17-20H,10-11H2,1-2H3. The quantitative estimate of drug-likeness (QED) is 0.533. The molecule has 0 saturated heterocycles. The van der Waals surface area contributed by atoms with Gasteiger partial charge in [-0.05, 0) is 17.7 Å². The van der Waals surface area contributed by atoms with Gasteiger partial charge in [-0.25, -0.2) is 0 Å². The van der Waals surface area contributed by atoms with Crippen molar-refractivity contribution in [1.29, 1.82) is 0 Å². The molecule has 0 aliphatic heterocycles. The molecule has 3 unspecified atom stereocenters. The van der Waals surface area contributed by atoms with Crippen LogP contribution in [0.1, 0.15) is 13.8 Å². The first-order chi connectivity index (χ1) is 9.87. The molecule has 0 fully saturated rings. The maximum atomic E-state index is 10.7. The lowest BCUT2D eigenvalue weighted by atomic mass is 9.78. The number of aliphatic hydroxyl groups is 3. The third-order valence-corrected chi connectivity index (χ3v) is 3.57. The molecule has 0 aromatic carbocycles. The highest BCUT2D eigenvalue weighted by Crippen LogP contribution is 2.39. The Kier molecular flexibility index (Phi) is 4.81. The lowest BCUT2D eigenvalue weighted by Gasteiger charge is -2.43. The molecule has 2 aliphatic carbocycles. The van der Waals surface area contributed by atoms with Gasteiger partial charge in [0.15, 0.2) is 5.60 Å². The molecule has 0 spiro atoms. The van der Waals surface area contributed by atoms with E-state index in [1.165, 1.54) is 12.2 Å². The Morgan fingerprint density at radius 1 is 1.19 bits per heavy atom. The largest absolute Gasteiger partial charge is 0.389 e. The van der Waals surface area contributed by atoms with Crippen LogP contribution in [-0.4, -0.2) is 52.0 Å². The smallest absolute Gasteiger partial charge is 0.223 e. The zero-order valence-corrected chi connectivity index (χ0v) is 12.4. The number of aliphatic hydroxyl groups excluding tert-OH is 1. The van der Waals surface area contributed by atoms with E-state index in [0.717, 1.165) is 0 Å². The molecule has 5 heteroatoms. The minimum atomic E-state index is -1.89. The molecule has 0 aromatic rings. The average molecular weight is 293 g/mol. The van der Waals surface area contributed by atoms with Crippen LogP contribution in [0.3, 0.4) is 0 Å². The van der Waals surface area contributed by atoms with Crippen LogP contribution in [0.15, 0.2) is 48.1 Å². The number of allylic oxidation sites excluding steroid dienone is 4. The zero-order valence-electron chi connectivity index (χ0n) is 12.4. The summed E-state index contributed by atoms with van der Waals surface area (Å²) < 4.78 is 5.44. The number of fused-ring (bicyclic) bond motifs is 1. The summed E-state index contributed by atoms with van der Waals surface area (Å²) in [6, 6.07) is 0.252. The summed E-state index contributed by atoms with van der Waals surface area (Å²) in [6.45, 7) is 4.22. The first kappa shape index (κ1) is 16.1. The molecule has 5 nitrogen and oxygen atoms in total. The second-order valence-electron chi connectivity index (χ2n) is 5.69. The predicted molar refractivity (Wildman–Crippen MR) is 80.5 cm³/mol. The van der Waals surface area contributed by atoms with Gasteiger partial charge in [0.2, 0.25) is 5.79 Å². The molecule has 0 amide bonds. The van der Waals surface area contributed by atoms with Gasteiger partial charge < -0.3 is 25.4 Å². The van der Waals surface area contributed by atoms with E-state index in [-0.39, 0.29) is 12.6 Å². The minimum absolute atomic E-state index is 0.0896. The fraction of sp³-hybridized carbons (Fsp3) is 0.500. The van der Waals surface area contributed by atoms with Crippen molar-refractivity contribution >= 4 is 0 Å². The Morgan fingerprint density at radius 2 is 1.95 bits per heavy atom. The number of hydrogen-bond donors (Lipinski definition) is 4. The summed E-state index contributed by atoms with van der Waals surface area (Å²) in [6.07, 6.45) is 10.6. The van der Waals surface area contributed by atoms with E-state index in [9.17, 15) is 15.3 Å². The first-order valence-electron chi connectivity index (χ1n) is 7.13. The summed E-state index contributed by atoms with van der Waals surface area (Å²) in [4.78, 5) is 0. The molecule has 0 heterocycles. The summed E-state index contributed by atoms with van der Waals surface area (Å²) >= 11 is 0. The van der Waals surface area contributed by atoms with E-state index in [2.05, 4.69) is 5.32 Å². The molecule has 4 N–H and O–H groups in total. The topological polar surface area (TPSA) is 82.0 Å². The third-order valence-electron chi connectivity index (χ3n) is 3.57. The van der Waals surface area contributed by atoms with E-state index < -0.39 is 17.5 Å². The maximum Gasteiger partial charge on any atom is 0.223 e. The Labute approximate surface area is 124 Å². The Bertz CT molecular complexity index is 495. The first-order valence-corrected chi connectivity index (χ1v) is 7.13. The zero-order chi connectivity index (χ0) is 15.5. The molecule has 3 atom stereocenters. The van der Waals surface area contributed by atoms with Gasteiger partial charge in [0.25, 0.3) is 0 Å². The molecule has 0 saturated carbocycles. The highest BCUT2D eigenvalue weighted by molar-refractivity contribution is 5.49. The number of rotatable bonds is 6. The van der Waals surface area contributed by atoms with E-state index in [0.29, 0.717) is 12.1 Å². The molecule has 0 bridgehead atoms. The molecular weight excluding hydrogens is 270 g/mol. The van der Waals surface area contributed by atoms with Crippen LogP contribution in [0.5, 0.6) is 0 Å². The molecule has 116 valence electrons. The van der Waals surface area contributed by atoms with E-state index in [1.54, 1.807) is 30.4 Å². The SMILES string of the molecule is CC(C)NCC(O)COC1(O)C=CC=C2C=CC=CC21O. The van der Waals surface area contributed by atoms with Crippen LogP contribution in [0.2, 0.25) is 0 Å². The van der Waals surface area contributed by atoms with Crippen molar-refractivity contribution in [3.05, 3.63) is 48.1 Å². The van der Waals surface area contributed by atoms with Crippen molar-refractivity contribution < 1.29 is 20.1 Å². The minimum Gasteiger partial charge on any atom is -0.389 e. The van der Waals surface area contributed by atoms with Crippen LogP contribution < -0.4 is 5.32 Å². The van der Waals surface area contributed by atoms with Crippen molar-refractivity contribution in [3.63, 3.8) is 0 Å². The highest BCUT2D eigenvalue weighted by Gasteiger charge is 2.51. The normalized spacial score (nSPS) is 32.2. The summed E-state index contributed by atoms with van der Waals surface area (Å²) in [7, 11) is 0. The number of nitrogens with one attached hydrogen (secondary N) is 1. The van der Waals surface area contributed by atoms with Crippen LogP contribution in [0.4, 0.5) is 0 Å². The molecule has 2 rings (SSSR count). The summed E-state index contributed by atoms with van der Waals surface area (Å²) in [5, 5.41) is 34.3. The van der Waals surface area contributed by atoms with Crippen LogP contribution in [0, 0.1) is 0 Å². The fourth-order valence-electron chi connectivity index (χ4n) is 2.31. The van der Waals surface area contributed by atoms with Crippen LogP contribution in [-0.2, 0) is 4.74 Å². The molecule has 21 heavy (non-hydrogen) atoms. The van der Waals surface area contributed by atoms with Gasteiger partial charge in [-0.1, -0.05) is 44.2 Å². The van der Waals surface area contributed by atoms with Crippen molar-refractivity contribution in [2.75, 3.05) is 13.2 Å². The monoisotopic (exact) mass is 293 g/mol. The second-order valence-corrected chi connectivity index (χ2v) is 5.69. The molecule has 0 radical (unpaired) electrons. The summed E-state index contributed by atoms with van der Waals surface area (Å²) in [5.74, 6) is -1.89. The fourth-order valence-corrected chi connectivity index (χ4v) is 2.31. The lowest BCUT2D eigenvalue weighted by molar-refractivity contribution is -0.249. The van der Waals surface area contributed by atoms with Crippen molar-refractivity contribution in [2.45, 2.75) is 37.4 Å². The Morgan fingerprint density at radius 3 is 2.67 bits per heavy atom. The number of ether oxygens (including phenoxy) is 1. The van der Waals surface area contributed by atoms with E-state index in [4.69, 9.17) is 4.74 Å². The van der Waals surface area contributed by atoms with Crippen LogP contribution >= 0.6 is 0 Å². The van der Waals surface area contributed by atoms with E-state index in [1.807, 2.05) is 13.8 Å². The van der Waals surface area contributed by atoms with Gasteiger partial charge in [-0.2, -0.15) is 0 Å². The van der Waals surface area contributed by atoms with Crippen molar-refractivity contribution in [1.82, 2.24) is 5.32 Å². The van der Waals surface area contributed by atoms with Gasteiger partial charge >= 0.3 is 0 Å². The van der Waals surface area contributed by atoms with Crippen molar-refractivity contribution in [3.8, 4) is 0 Å². The van der Waals surface area contributed by atoms with E-state index >= 15 is 0 Å². The third kappa shape index (κ3) is 3.33. The maximum absolute atomic E-state index is 10.7. The van der Waals surface area contributed by atoms with Gasteiger partial charge in [-0.3, -0.25) is 0 Å². The highest BCUT2D eigenvalue weighted by atomic mass is 16.6. The van der Waals surface area contributed by atoms with Gasteiger partial charge in [0.1, 0.15) is 0 Å². The second kappa shape index (κ2) is 6.25. The molecular formula is C16H23NO4. The van der Waals surface area contributed by atoms with Crippen LogP contribution in [0.25, 0.3) is 0 Å². The summed E-state index contributed by atoms with van der Waals surface area (Å²) in [5.41, 5.74) is -1.09. The Hall–Kier alpha value is -1.24. The average Bonchev–Trinajstić information content (AvgIpc) is 2.44. The van der Waals surface area contributed by atoms with Gasteiger partial charge in [-0.15, -0.1) is 0 Å². The number of hydrogen-bond acceptors (Lipinski definition) is 5. The Balaban J connectivity index is 2.02. The van der Waals surface area contributed by atoms with Gasteiger partial charge in [0, 0.05) is 12.6 Å². The van der Waals surface area contributed by atoms with Crippen molar-refractivity contribution in [2.24, 2.45) is 0 Å². The predicted octanol–water partition coefficient (Wildman–Crippen LogP) is 0.404.